The molecule has 0 N–H and O–H groups in total. The number of allylic oxidation sites excluding steroid dienone is 2. The van der Waals surface area contributed by atoms with Crippen molar-refractivity contribution < 1.29 is 22.3 Å². The predicted octanol–water partition coefficient (Wildman–Crippen LogP) is 8.37. The van der Waals surface area contributed by atoms with E-state index in [4.69, 9.17) is 4.74 Å². The Kier molecular flexibility index (Phi) is 7.52. The van der Waals surface area contributed by atoms with Gasteiger partial charge in [-0.3, -0.25) is 0 Å². The zero-order chi connectivity index (χ0) is 24.2. The fourth-order valence-electron chi connectivity index (χ4n) is 4.52. The summed E-state index contributed by atoms with van der Waals surface area (Å²) in [5.74, 6) is -3.72. The van der Waals surface area contributed by atoms with Crippen molar-refractivity contribution in [1.29, 1.82) is 0 Å². The van der Waals surface area contributed by atoms with Crippen molar-refractivity contribution in [2.45, 2.75) is 51.6 Å². The van der Waals surface area contributed by atoms with Crippen molar-refractivity contribution in [3.05, 3.63) is 95.1 Å². The highest BCUT2D eigenvalue weighted by Gasteiger charge is 2.26. The number of ether oxygens (including phenoxy) is 1. The standard InChI is InChI=1S/C29H28F4O/c1-3-5-6-20-12-14-23(27(31)26(20)30)18-7-9-19(10-8-18)24-15-16-25(29(33)28(24)32)21-11-13-22(4-2)34-17-21/h3,5,7-10,12,14-16,21-22H,4,6,11,13,17H2,1-2H3/b5-3-. The molecule has 1 aliphatic heterocycles. The lowest BCUT2D eigenvalue weighted by Gasteiger charge is -2.29. The van der Waals surface area contributed by atoms with Crippen LogP contribution in [0.15, 0.2) is 60.7 Å². The molecule has 34 heavy (non-hydrogen) atoms. The lowest BCUT2D eigenvalue weighted by atomic mass is 9.89. The molecule has 0 radical (unpaired) electrons. The van der Waals surface area contributed by atoms with Crippen LogP contribution in [-0.2, 0) is 11.2 Å². The number of rotatable bonds is 6. The van der Waals surface area contributed by atoms with E-state index in [-0.39, 0.29) is 28.7 Å². The first-order valence-corrected chi connectivity index (χ1v) is 11.7. The molecule has 3 aromatic rings. The Balaban J connectivity index is 1.58. The topological polar surface area (TPSA) is 9.23 Å². The second-order valence-corrected chi connectivity index (χ2v) is 8.72. The van der Waals surface area contributed by atoms with Crippen LogP contribution in [-0.4, -0.2) is 12.7 Å². The Bertz CT molecular complexity index is 1180. The SMILES string of the molecule is C/C=C\Cc1ccc(-c2ccc(-c3ccc(C4CCC(CC)OC4)c(F)c3F)cc2)c(F)c1F. The summed E-state index contributed by atoms with van der Waals surface area (Å²) in [6.45, 7) is 4.26. The van der Waals surface area contributed by atoms with Gasteiger partial charge in [-0.1, -0.05) is 67.6 Å². The van der Waals surface area contributed by atoms with Crippen molar-refractivity contribution in [3.8, 4) is 22.3 Å². The van der Waals surface area contributed by atoms with Crippen LogP contribution in [0.1, 0.15) is 50.2 Å². The minimum absolute atomic E-state index is 0.123. The van der Waals surface area contributed by atoms with Gasteiger partial charge in [-0.2, -0.15) is 0 Å². The van der Waals surface area contributed by atoms with Gasteiger partial charge < -0.3 is 4.74 Å². The molecule has 1 nitrogen and oxygen atoms in total. The van der Waals surface area contributed by atoms with Gasteiger partial charge in [-0.25, -0.2) is 17.6 Å². The largest absolute Gasteiger partial charge is 0.378 e. The molecule has 2 unspecified atom stereocenters. The average molecular weight is 469 g/mol. The molecule has 0 spiro atoms. The first-order chi connectivity index (χ1) is 16.4. The van der Waals surface area contributed by atoms with Crippen LogP contribution in [0.3, 0.4) is 0 Å². The van der Waals surface area contributed by atoms with Crippen molar-refractivity contribution in [2.75, 3.05) is 6.61 Å². The molecule has 1 aliphatic rings. The maximum Gasteiger partial charge on any atom is 0.166 e. The van der Waals surface area contributed by atoms with Crippen molar-refractivity contribution in [3.63, 3.8) is 0 Å². The Labute approximate surface area is 198 Å². The summed E-state index contributed by atoms with van der Waals surface area (Å²) in [5, 5.41) is 0. The third-order valence-electron chi connectivity index (χ3n) is 6.62. The zero-order valence-electron chi connectivity index (χ0n) is 19.4. The molecule has 0 saturated carbocycles. The Hall–Kier alpha value is -2.92. The molecule has 2 atom stereocenters. The van der Waals surface area contributed by atoms with Crippen LogP contribution in [0.2, 0.25) is 0 Å². The second-order valence-electron chi connectivity index (χ2n) is 8.72. The van der Waals surface area contributed by atoms with Gasteiger partial charge in [-0.15, -0.1) is 0 Å². The summed E-state index contributed by atoms with van der Waals surface area (Å²) in [6.07, 6.45) is 6.54. The van der Waals surface area contributed by atoms with Crippen molar-refractivity contribution in [1.82, 2.24) is 0 Å². The van der Waals surface area contributed by atoms with Gasteiger partial charge in [0.05, 0.1) is 12.7 Å². The minimum atomic E-state index is -0.920. The molecule has 178 valence electrons. The summed E-state index contributed by atoms with van der Waals surface area (Å²) in [7, 11) is 0. The fraction of sp³-hybridized carbons (Fsp3) is 0.310. The van der Waals surface area contributed by atoms with Crippen LogP contribution in [0.4, 0.5) is 17.6 Å². The van der Waals surface area contributed by atoms with Crippen LogP contribution in [0.25, 0.3) is 22.3 Å². The second kappa shape index (κ2) is 10.6. The van der Waals surface area contributed by atoms with E-state index in [1.165, 1.54) is 6.07 Å². The first-order valence-electron chi connectivity index (χ1n) is 11.7. The Morgan fingerprint density at radius 1 is 0.794 bits per heavy atom. The van der Waals surface area contributed by atoms with Crippen LogP contribution in [0.5, 0.6) is 0 Å². The summed E-state index contributed by atoms with van der Waals surface area (Å²) in [6, 6.07) is 12.7. The molecule has 0 bridgehead atoms. The molecular weight excluding hydrogens is 440 g/mol. The molecular formula is C29H28F4O. The smallest absolute Gasteiger partial charge is 0.166 e. The van der Waals surface area contributed by atoms with Gasteiger partial charge in [0, 0.05) is 17.0 Å². The Morgan fingerprint density at radius 2 is 1.41 bits per heavy atom. The van der Waals surface area contributed by atoms with Gasteiger partial charge in [0.25, 0.3) is 0 Å². The average Bonchev–Trinajstić information content (AvgIpc) is 2.87. The van der Waals surface area contributed by atoms with Gasteiger partial charge in [0.2, 0.25) is 0 Å². The highest BCUT2D eigenvalue weighted by atomic mass is 19.2. The maximum absolute atomic E-state index is 15.0. The number of halogens is 4. The number of hydrogen-bond acceptors (Lipinski definition) is 1. The molecule has 4 rings (SSSR count). The van der Waals surface area contributed by atoms with E-state index in [1.807, 2.05) is 6.92 Å². The summed E-state index contributed by atoms with van der Waals surface area (Å²) in [4.78, 5) is 0. The molecule has 0 aliphatic carbocycles. The number of benzene rings is 3. The van der Waals surface area contributed by atoms with Gasteiger partial charge in [0.1, 0.15) is 0 Å². The van der Waals surface area contributed by atoms with Crippen LogP contribution < -0.4 is 0 Å². The van der Waals surface area contributed by atoms with E-state index in [0.29, 0.717) is 29.7 Å². The first kappa shape index (κ1) is 24.2. The highest BCUT2D eigenvalue weighted by molar-refractivity contribution is 5.71. The Morgan fingerprint density at radius 3 is 1.97 bits per heavy atom. The summed E-state index contributed by atoms with van der Waals surface area (Å²) in [5.41, 5.74) is 1.79. The third kappa shape index (κ3) is 4.80. The lowest BCUT2D eigenvalue weighted by molar-refractivity contribution is 0.00131. The van der Waals surface area contributed by atoms with Crippen LogP contribution in [0, 0.1) is 23.3 Å². The minimum Gasteiger partial charge on any atom is -0.378 e. The van der Waals surface area contributed by atoms with E-state index >= 15 is 4.39 Å². The molecule has 3 aromatic carbocycles. The van der Waals surface area contributed by atoms with Crippen molar-refractivity contribution in [2.24, 2.45) is 0 Å². The monoisotopic (exact) mass is 468 g/mol. The van der Waals surface area contributed by atoms with Crippen LogP contribution >= 0.6 is 0 Å². The number of hydrogen-bond donors (Lipinski definition) is 0. The van der Waals surface area contributed by atoms with Gasteiger partial charge >= 0.3 is 0 Å². The summed E-state index contributed by atoms with van der Waals surface area (Å²) >= 11 is 0. The molecule has 0 aromatic heterocycles. The summed E-state index contributed by atoms with van der Waals surface area (Å²) < 4.78 is 64.8. The van der Waals surface area contributed by atoms with E-state index in [2.05, 4.69) is 6.92 Å². The van der Waals surface area contributed by atoms with E-state index in [9.17, 15) is 13.2 Å². The van der Waals surface area contributed by atoms with E-state index in [0.717, 1.165) is 19.3 Å². The maximum atomic E-state index is 15.0. The predicted molar refractivity (Wildman–Crippen MR) is 128 cm³/mol. The highest BCUT2D eigenvalue weighted by Crippen LogP contribution is 2.35. The van der Waals surface area contributed by atoms with Crippen molar-refractivity contribution >= 4 is 0 Å². The molecule has 5 heteroatoms. The molecule has 1 heterocycles. The third-order valence-corrected chi connectivity index (χ3v) is 6.62. The zero-order valence-corrected chi connectivity index (χ0v) is 19.4. The normalized spacial score (nSPS) is 18.5. The van der Waals surface area contributed by atoms with Gasteiger partial charge in [0.15, 0.2) is 23.3 Å². The molecule has 0 amide bonds. The fourth-order valence-corrected chi connectivity index (χ4v) is 4.52. The van der Waals surface area contributed by atoms with E-state index in [1.54, 1.807) is 54.6 Å². The lowest BCUT2D eigenvalue weighted by Crippen LogP contribution is -2.24. The quantitative estimate of drug-likeness (QED) is 0.261. The molecule has 1 saturated heterocycles. The molecule has 1 fully saturated rings. The van der Waals surface area contributed by atoms with E-state index < -0.39 is 23.3 Å². The van der Waals surface area contributed by atoms with Gasteiger partial charge in [-0.05, 0) is 54.9 Å².